The molecule has 3 aromatic heterocycles. The Morgan fingerprint density at radius 3 is 2.95 bits per heavy atom. The van der Waals surface area contributed by atoms with Crippen LogP contribution in [0.1, 0.15) is 21.2 Å². The van der Waals surface area contributed by atoms with Crippen molar-refractivity contribution in [3.05, 3.63) is 59.3 Å². The Balaban J connectivity index is 1.67. The first-order valence-electron chi connectivity index (χ1n) is 6.42. The molecule has 0 atom stereocenters. The lowest BCUT2D eigenvalue weighted by atomic mass is 10.3. The van der Waals surface area contributed by atoms with Gasteiger partial charge in [0, 0.05) is 18.0 Å². The van der Waals surface area contributed by atoms with Gasteiger partial charge in [0.15, 0.2) is 0 Å². The number of pyridine rings is 1. The highest BCUT2D eigenvalue weighted by atomic mass is 32.1. The highest BCUT2D eigenvalue weighted by Crippen LogP contribution is 2.24. The molecule has 0 bridgehead atoms. The van der Waals surface area contributed by atoms with E-state index in [0.717, 1.165) is 22.1 Å². The van der Waals surface area contributed by atoms with Crippen molar-refractivity contribution < 1.29 is 9.21 Å². The molecule has 0 aromatic carbocycles. The molecular formula is C15H13N3O2S. The Morgan fingerprint density at radius 1 is 1.33 bits per heavy atom. The van der Waals surface area contributed by atoms with Crippen molar-refractivity contribution in [1.82, 2.24) is 15.3 Å². The van der Waals surface area contributed by atoms with E-state index in [4.69, 9.17) is 4.42 Å². The number of hydrogen-bond acceptors (Lipinski definition) is 5. The number of nitrogens with one attached hydrogen (secondary N) is 1. The summed E-state index contributed by atoms with van der Waals surface area (Å²) in [5.74, 6) is 1.41. The second kappa shape index (κ2) is 5.88. The van der Waals surface area contributed by atoms with E-state index in [1.165, 1.54) is 11.3 Å². The Labute approximate surface area is 125 Å². The standard InChI is InChI=1S/C15H13N3O2S/c1-10-4-5-12(20-10)8-17-14(19)13-9-18-15(21-13)11-3-2-6-16-7-11/h2-7,9H,8H2,1H3,(H,17,19). The van der Waals surface area contributed by atoms with Crippen LogP contribution in [-0.4, -0.2) is 15.9 Å². The third kappa shape index (κ3) is 3.17. The molecule has 0 fully saturated rings. The zero-order valence-corrected chi connectivity index (χ0v) is 12.2. The number of amides is 1. The van der Waals surface area contributed by atoms with Crippen molar-refractivity contribution in [2.45, 2.75) is 13.5 Å². The van der Waals surface area contributed by atoms with Crippen molar-refractivity contribution in [3.63, 3.8) is 0 Å². The molecule has 0 aliphatic heterocycles. The second-order valence-corrected chi connectivity index (χ2v) is 5.50. The molecule has 6 heteroatoms. The van der Waals surface area contributed by atoms with E-state index in [1.54, 1.807) is 18.6 Å². The van der Waals surface area contributed by atoms with Crippen LogP contribution in [0.25, 0.3) is 10.6 Å². The SMILES string of the molecule is Cc1ccc(CNC(=O)c2cnc(-c3cccnc3)s2)o1. The molecule has 5 nitrogen and oxygen atoms in total. The number of aromatic nitrogens is 2. The molecule has 0 unspecified atom stereocenters. The minimum absolute atomic E-state index is 0.156. The van der Waals surface area contributed by atoms with Gasteiger partial charge in [0.05, 0.1) is 12.7 Å². The van der Waals surface area contributed by atoms with Gasteiger partial charge in [0.2, 0.25) is 0 Å². The Hall–Kier alpha value is -2.47. The monoisotopic (exact) mass is 299 g/mol. The molecular weight excluding hydrogens is 286 g/mol. The summed E-state index contributed by atoms with van der Waals surface area (Å²) < 4.78 is 5.41. The molecule has 3 heterocycles. The molecule has 0 radical (unpaired) electrons. The largest absolute Gasteiger partial charge is 0.465 e. The third-order valence-electron chi connectivity index (χ3n) is 2.86. The van der Waals surface area contributed by atoms with Gasteiger partial charge in [-0.25, -0.2) is 4.98 Å². The molecule has 3 aromatic rings. The highest BCUT2D eigenvalue weighted by molar-refractivity contribution is 7.16. The van der Waals surface area contributed by atoms with Crippen LogP contribution < -0.4 is 5.32 Å². The van der Waals surface area contributed by atoms with Gasteiger partial charge in [-0.2, -0.15) is 0 Å². The van der Waals surface area contributed by atoms with Crippen LogP contribution in [0, 0.1) is 6.92 Å². The number of thiazole rings is 1. The van der Waals surface area contributed by atoms with E-state index in [0.29, 0.717) is 11.4 Å². The van der Waals surface area contributed by atoms with Crippen molar-refractivity contribution in [2.24, 2.45) is 0 Å². The summed E-state index contributed by atoms with van der Waals surface area (Å²) in [4.78, 5) is 20.9. The second-order valence-electron chi connectivity index (χ2n) is 4.47. The van der Waals surface area contributed by atoms with E-state index in [2.05, 4.69) is 15.3 Å². The van der Waals surface area contributed by atoms with Crippen LogP contribution in [0.15, 0.2) is 47.3 Å². The molecule has 0 saturated heterocycles. The lowest BCUT2D eigenvalue weighted by Gasteiger charge is -2.00. The van der Waals surface area contributed by atoms with E-state index in [1.807, 2.05) is 31.2 Å². The average molecular weight is 299 g/mol. The van der Waals surface area contributed by atoms with Gasteiger partial charge >= 0.3 is 0 Å². The fourth-order valence-electron chi connectivity index (χ4n) is 1.84. The third-order valence-corrected chi connectivity index (χ3v) is 3.90. The first kappa shape index (κ1) is 13.5. The smallest absolute Gasteiger partial charge is 0.263 e. The van der Waals surface area contributed by atoms with Gasteiger partial charge in [-0.05, 0) is 31.2 Å². The van der Waals surface area contributed by atoms with Gasteiger partial charge in [0.25, 0.3) is 5.91 Å². The molecule has 0 aliphatic carbocycles. The van der Waals surface area contributed by atoms with E-state index in [-0.39, 0.29) is 5.91 Å². The first-order chi connectivity index (χ1) is 10.2. The fourth-order valence-corrected chi connectivity index (χ4v) is 2.66. The van der Waals surface area contributed by atoms with Gasteiger partial charge in [0.1, 0.15) is 21.4 Å². The van der Waals surface area contributed by atoms with E-state index < -0.39 is 0 Å². The number of hydrogen-bond donors (Lipinski definition) is 1. The number of carbonyl (C=O) groups is 1. The summed E-state index contributed by atoms with van der Waals surface area (Å²) in [6.45, 7) is 2.24. The normalized spacial score (nSPS) is 10.5. The van der Waals surface area contributed by atoms with Crippen LogP contribution in [0.4, 0.5) is 0 Å². The molecule has 0 saturated carbocycles. The number of carbonyl (C=O) groups excluding carboxylic acids is 1. The van der Waals surface area contributed by atoms with Crippen molar-refractivity contribution in [3.8, 4) is 10.6 Å². The van der Waals surface area contributed by atoms with Crippen LogP contribution in [0.3, 0.4) is 0 Å². The van der Waals surface area contributed by atoms with Gasteiger partial charge in [-0.15, -0.1) is 11.3 Å². The summed E-state index contributed by atoms with van der Waals surface area (Å²) in [5.41, 5.74) is 0.906. The summed E-state index contributed by atoms with van der Waals surface area (Å²) in [7, 11) is 0. The average Bonchev–Trinajstić information content (AvgIpc) is 3.15. The van der Waals surface area contributed by atoms with Gasteiger partial charge in [-0.3, -0.25) is 9.78 Å². The van der Waals surface area contributed by atoms with Crippen LogP contribution in [0.2, 0.25) is 0 Å². The molecule has 1 N–H and O–H groups in total. The summed E-state index contributed by atoms with van der Waals surface area (Å²) in [5, 5.41) is 3.60. The van der Waals surface area contributed by atoms with E-state index in [9.17, 15) is 4.79 Å². The Kier molecular flexibility index (Phi) is 3.79. The molecule has 21 heavy (non-hydrogen) atoms. The molecule has 106 valence electrons. The van der Waals surface area contributed by atoms with E-state index >= 15 is 0 Å². The zero-order valence-electron chi connectivity index (χ0n) is 11.4. The van der Waals surface area contributed by atoms with Gasteiger partial charge < -0.3 is 9.73 Å². The number of aryl methyl sites for hydroxylation is 1. The quantitative estimate of drug-likeness (QED) is 0.804. The topological polar surface area (TPSA) is 68.0 Å². The summed E-state index contributed by atoms with van der Waals surface area (Å²) in [6.07, 6.45) is 5.01. The predicted octanol–water partition coefficient (Wildman–Crippen LogP) is 3.04. The van der Waals surface area contributed by atoms with Crippen molar-refractivity contribution in [2.75, 3.05) is 0 Å². The van der Waals surface area contributed by atoms with Crippen LogP contribution in [0.5, 0.6) is 0 Å². The molecule has 0 aliphatic rings. The van der Waals surface area contributed by atoms with Crippen LogP contribution in [-0.2, 0) is 6.54 Å². The maximum atomic E-state index is 12.1. The van der Waals surface area contributed by atoms with Gasteiger partial charge in [-0.1, -0.05) is 0 Å². The zero-order chi connectivity index (χ0) is 14.7. The Morgan fingerprint density at radius 2 is 2.24 bits per heavy atom. The van der Waals surface area contributed by atoms with Crippen LogP contribution >= 0.6 is 11.3 Å². The molecule has 1 amide bonds. The Bertz CT molecular complexity index is 749. The summed E-state index contributed by atoms with van der Waals surface area (Å²) in [6, 6.07) is 7.48. The minimum atomic E-state index is -0.156. The summed E-state index contributed by atoms with van der Waals surface area (Å²) >= 11 is 1.34. The highest BCUT2D eigenvalue weighted by Gasteiger charge is 2.12. The number of furan rings is 1. The lowest BCUT2D eigenvalue weighted by Crippen LogP contribution is -2.21. The number of rotatable bonds is 4. The fraction of sp³-hybridized carbons (Fsp3) is 0.133. The lowest BCUT2D eigenvalue weighted by molar-refractivity contribution is 0.0951. The molecule has 3 rings (SSSR count). The maximum absolute atomic E-state index is 12.1. The number of nitrogens with zero attached hydrogens (tertiary/aromatic N) is 2. The molecule has 0 spiro atoms. The first-order valence-corrected chi connectivity index (χ1v) is 7.24. The predicted molar refractivity (Wildman–Crippen MR) is 80.0 cm³/mol. The van der Waals surface area contributed by atoms with Crippen molar-refractivity contribution >= 4 is 17.2 Å². The maximum Gasteiger partial charge on any atom is 0.263 e. The van der Waals surface area contributed by atoms with Crippen molar-refractivity contribution in [1.29, 1.82) is 0 Å². The minimum Gasteiger partial charge on any atom is -0.465 e.